The van der Waals surface area contributed by atoms with Gasteiger partial charge in [0.15, 0.2) is 5.75 Å². The van der Waals surface area contributed by atoms with E-state index in [0.717, 1.165) is 28.8 Å². The molecule has 3 heterocycles. The van der Waals surface area contributed by atoms with E-state index >= 15 is 0 Å². The normalized spacial score (nSPS) is 17.5. The third kappa shape index (κ3) is 12.2. The maximum Gasteiger partial charge on any atom is 0.573 e. The van der Waals surface area contributed by atoms with Crippen molar-refractivity contribution in [1.82, 2.24) is 25.4 Å². The van der Waals surface area contributed by atoms with Crippen LogP contribution in [-0.2, 0) is 14.3 Å². The lowest BCUT2D eigenvalue weighted by atomic mass is 9.94. The minimum atomic E-state index is -5.14. The van der Waals surface area contributed by atoms with Crippen molar-refractivity contribution in [3.63, 3.8) is 0 Å². The number of nitrogens with zero attached hydrogens (tertiary/aromatic N) is 4. The number of rotatable bonds is 12. The number of alkyl halides is 3. The lowest BCUT2D eigenvalue weighted by molar-refractivity contribution is -0.274. The Kier molecular flexibility index (Phi) is 15.7. The number of piperazine rings is 1. The maximum absolute atomic E-state index is 13.9. The molecule has 3 N–H and O–H groups in total. The first kappa shape index (κ1) is 48.6. The number of hydrogen-bond acceptors (Lipinski definition) is 9. The molecular formula is C45H54Cl2F3N7O6. The number of pyridine rings is 1. The standard InChI is InChI=1S/C45H54Cl2F3N7O6/c1-9-27(3)38(34-20-26(2)25-57(34)36(58)24-53-43(61)62-8)52-22-28(4)29-10-12-30(13-11-29)32-21-33(46)39(37(47)40(32)63-45(48,49)50)54-41(59)31-14-15-35(51-23-31)55-16-18-56(19-17-55)42(60)44(5,6)7/h10-15,21-23,26,34,52H,9,16-20,24-25H2,1-8H3,(H,53,61)(H,54,59)/b28-22+,38-27+. The molecule has 5 rings (SSSR count). The zero-order valence-electron chi connectivity index (χ0n) is 36.6. The number of hydrogen-bond donors (Lipinski definition) is 3. The molecule has 2 aromatic carbocycles. The molecule has 2 unspecified atom stereocenters. The average Bonchev–Trinajstić information content (AvgIpc) is 3.64. The van der Waals surface area contributed by atoms with Crippen LogP contribution in [0.2, 0.25) is 10.0 Å². The van der Waals surface area contributed by atoms with Crippen LogP contribution in [0.3, 0.4) is 0 Å². The zero-order valence-corrected chi connectivity index (χ0v) is 38.1. The van der Waals surface area contributed by atoms with Crippen molar-refractivity contribution >= 4 is 64.1 Å². The van der Waals surface area contributed by atoms with Gasteiger partial charge in [0.2, 0.25) is 11.8 Å². The Hall–Kier alpha value is -5.48. The molecule has 63 heavy (non-hydrogen) atoms. The van der Waals surface area contributed by atoms with Crippen molar-refractivity contribution in [2.75, 3.05) is 56.6 Å². The summed E-state index contributed by atoms with van der Waals surface area (Å²) in [7, 11) is 1.23. The number of nitrogens with one attached hydrogen (secondary N) is 3. The second-order valence-electron chi connectivity index (χ2n) is 16.7. The van der Waals surface area contributed by atoms with Gasteiger partial charge in [0.05, 0.1) is 29.4 Å². The van der Waals surface area contributed by atoms with E-state index in [-0.39, 0.29) is 52.2 Å². The molecular weight excluding hydrogens is 862 g/mol. The smallest absolute Gasteiger partial charge is 0.453 e. The molecule has 2 aliphatic heterocycles. The Bertz CT molecular complexity index is 2240. The first-order valence-electron chi connectivity index (χ1n) is 20.6. The lowest BCUT2D eigenvalue weighted by Gasteiger charge is -2.38. The quantitative estimate of drug-likeness (QED) is 0.162. The number of carbonyl (C=O) groups excluding carboxylic acids is 4. The summed E-state index contributed by atoms with van der Waals surface area (Å²) in [6, 6.07) is 10.8. The zero-order chi connectivity index (χ0) is 46.4. The third-order valence-electron chi connectivity index (χ3n) is 11.0. The highest BCUT2D eigenvalue weighted by Gasteiger charge is 2.37. The molecule has 2 saturated heterocycles. The predicted molar refractivity (Wildman–Crippen MR) is 238 cm³/mol. The van der Waals surface area contributed by atoms with Gasteiger partial charge in [-0.05, 0) is 67.5 Å². The van der Waals surface area contributed by atoms with Gasteiger partial charge in [-0.2, -0.15) is 0 Å². The Balaban J connectivity index is 1.33. The second-order valence-corrected chi connectivity index (χ2v) is 17.5. The molecule has 0 aliphatic carbocycles. The first-order valence-corrected chi connectivity index (χ1v) is 21.3. The van der Waals surface area contributed by atoms with E-state index in [1.54, 1.807) is 35.2 Å². The second kappa shape index (κ2) is 20.4. The number of amides is 4. The number of allylic oxidation sites excluding steroid dienone is 2. The molecule has 4 amide bonds. The average molecular weight is 917 g/mol. The van der Waals surface area contributed by atoms with Gasteiger partial charge in [-0.25, -0.2) is 9.78 Å². The van der Waals surface area contributed by atoms with E-state index in [9.17, 15) is 32.3 Å². The summed E-state index contributed by atoms with van der Waals surface area (Å²) < 4.78 is 50.7. The van der Waals surface area contributed by atoms with E-state index in [1.165, 1.54) is 25.4 Å². The van der Waals surface area contributed by atoms with Crippen molar-refractivity contribution in [3.05, 3.63) is 87.3 Å². The van der Waals surface area contributed by atoms with Crippen LogP contribution in [-0.4, -0.2) is 97.4 Å². The monoisotopic (exact) mass is 915 g/mol. The fourth-order valence-corrected chi connectivity index (χ4v) is 8.03. The van der Waals surface area contributed by atoms with E-state index in [1.807, 2.05) is 57.5 Å². The van der Waals surface area contributed by atoms with E-state index in [2.05, 4.69) is 37.3 Å². The van der Waals surface area contributed by atoms with Gasteiger partial charge in [0.25, 0.3) is 5.91 Å². The van der Waals surface area contributed by atoms with Crippen LogP contribution >= 0.6 is 23.2 Å². The van der Waals surface area contributed by atoms with Crippen molar-refractivity contribution in [1.29, 1.82) is 0 Å². The number of ether oxygens (including phenoxy) is 2. The molecule has 0 saturated carbocycles. The van der Waals surface area contributed by atoms with Crippen molar-refractivity contribution in [2.45, 2.75) is 73.7 Å². The van der Waals surface area contributed by atoms with Crippen molar-refractivity contribution in [3.8, 4) is 16.9 Å². The minimum Gasteiger partial charge on any atom is -0.453 e. The summed E-state index contributed by atoms with van der Waals surface area (Å²) in [5.74, 6) is -0.813. The molecule has 3 aromatic rings. The number of halogens is 5. The van der Waals surface area contributed by atoms with Crippen molar-refractivity contribution in [2.24, 2.45) is 11.3 Å². The molecule has 2 aliphatic rings. The minimum absolute atomic E-state index is 0.0625. The van der Waals surface area contributed by atoms with Gasteiger partial charge >= 0.3 is 12.5 Å². The Morgan fingerprint density at radius 1 is 0.968 bits per heavy atom. The highest BCUT2D eigenvalue weighted by Crippen LogP contribution is 2.47. The number of likely N-dealkylation sites (tertiary alicyclic amines) is 1. The Morgan fingerprint density at radius 3 is 2.19 bits per heavy atom. The largest absolute Gasteiger partial charge is 0.573 e. The van der Waals surface area contributed by atoms with Gasteiger partial charge < -0.3 is 40.1 Å². The lowest BCUT2D eigenvalue weighted by Crippen LogP contribution is -2.51. The number of carbonyl (C=O) groups is 4. The Morgan fingerprint density at radius 2 is 1.62 bits per heavy atom. The van der Waals surface area contributed by atoms with Crippen LogP contribution in [0.4, 0.5) is 29.5 Å². The molecule has 0 radical (unpaired) electrons. The fraction of sp³-hybridized carbons (Fsp3) is 0.444. The Labute approximate surface area is 375 Å². The molecule has 0 bridgehead atoms. The number of alkyl carbamates (subject to hydrolysis) is 1. The highest BCUT2D eigenvalue weighted by atomic mass is 35.5. The van der Waals surface area contributed by atoms with E-state index < -0.39 is 34.5 Å². The highest BCUT2D eigenvalue weighted by molar-refractivity contribution is 6.41. The van der Waals surface area contributed by atoms with Crippen molar-refractivity contribution < 1.29 is 41.8 Å². The van der Waals surface area contributed by atoms with Crippen LogP contribution in [0, 0.1) is 11.3 Å². The summed E-state index contributed by atoms with van der Waals surface area (Å²) in [4.78, 5) is 60.9. The predicted octanol–water partition coefficient (Wildman–Crippen LogP) is 9.13. The summed E-state index contributed by atoms with van der Waals surface area (Å²) in [5, 5.41) is 7.73. The topological polar surface area (TPSA) is 145 Å². The summed E-state index contributed by atoms with van der Waals surface area (Å²) >= 11 is 13.2. The summed E-state index contributed by atoms with van der Waals surface area (Å²) in [6.45, 7) is 16.0. The number of anilines is 2. The number of benzene rings is 2. The number of aromatic nitrogens is 1. The van der Waals surface area contributed by atoms with E-state index in [4.69, 9.17) is 23.2 Å². The molecule has 0 spiro atoms. The van der Waals surface area contributed by atoms with Gasteiger partial charge in [-0.3, -0.25) is 14.4 Å². The molecule has 13 nitrogen and oxygen atoms in total. The van der Waals surface area contributed by atoms with Gasteiger partial charge in [-0.15, -0.1) is 13.2 Å². The third-order valence-corrected chi connectivity index (χ3v) is 11.6. The fourth-order valence-electron chi connectivity index (χ4n) is 7.44. The first-order chi connectivity index (χ1) is 29.6. The molecule has 18 heteroatoms. The van der Waals surface area contributed by atoms with Crippen LogP contribution in [0.25, 0.3) is 16.7 Å². The van der Waals surface area contributed by atoms with E-state index in [0.29, 0.717) is 50.5 Å². The van der Waals surface area contributed by atoms with Gasteiger partial charge in [0.1, 0.15) is 17.4 Å². The SMILES string of the molecule is CC/C(C)=C(/N/C=C(\C)c1ccc(-c2cc(Cl)c(NC(=O)c3ccc(N4CCN(C(=O)C(C)(C)C)CC4)nc3)c(Cl)c2OC(F)(F)F)cc1)C1CC(C)CN1C(=O)CNC(=O)OC. The van der Waals surface area contributed by atoms with Crippen LogP contribution in [0.15, 0.2) is 66.1 Å². The van der Waals surface area contributed by atoms with Crippen LogP contribution in [0.1, 0.15) is 77.2 Å². The number of methoxy groups -OCH3 is 1. The molecule has 340 valence electrons. The van der Waals surface area contributed by atoms with Crippen LogP contribution in [0.5, 0.6) is 5.75 Å². The molecule has 2 atom stereocenters. The summed E-state index contributed by atoms with van der Waals surface area (Å²) in [6.07, 6.45) is -1.24. The van der Waals surface area contributed by atoms with Gasteiger partial charge in [0, 0.05) is 61.8 Å². The molecule has 2 fully saturated rings. The molecule has 1 aromatic heterocycles. The summed E-state index contributed by atoms with van der Waals surface area (Å²) in [5.41, 5.74) is 3.02. The van der Waals surface area contributed by atoms with Gasteiger partial charge in [-0.1, -0.05) is 87.7 Å². The maximum atomic E-state index is 13.9. The van der Waals surface area contributed by atoms with Crippen LogP contribution < -0.4 is 25.6 Å².